The van der Waals surface area contributed by atoms with Crippen LogP contribution in [-0.4, -0.2) is 79.0 Å². The van der Waals surface area contributed by atoms with Gasteiger partial charge in [0.1, 0.15) is 0 Å². The van der Waals surface area contributed by atoms with E-state index in [4.69, 9.17) is 5.11 Å². The summed E-state index contributed by atoms with van der Waals surface area (Å²) in [6.07, 6.45) is -2.01. The number of nitrogens with zero attached hydrogens (tertiary/aromatic N) is 2. The van der Waals surface area contributed by atoms with Crippen LogP contribution in [0.1, 0.15) is 6.42 Å². The largest absolute Gasteiger partial charge is 0.395 e. The van der Waals surface area contributed by atoms with E-state index in [-0.39, 0.29) is 6.54 Å². The minimum Gasteiger partial charge on any atom is -0.395 e. The molecule has 0 aromatic rings. The molecule has 0 aromatic heterocycles. The Hall–Kier alpha value is -1.28. The predicted octanol–water partition coefficient (Wildman–Crippen LogP) is -1.11. The molecule has 0 aliphatic carbocycles. The third-order valence-corrected chi connectivity index (χ3v) is 2.83. The fourth-order valence-electron chi connectivity index (χ4n) is 1.88. The van der Waals surface area contributed by atoms with E-state index < -0.39 is 31.4 Å². The maximum atomic E-state index is 12.3. The smallest absolute Gasteiger partial charge is 0.312 e. The van der Waals surface area contributed by atoms with Gasteiger partial charge in [-0.2, -0.15) is 0 Å². The van der Waals surface area contributed by atoms with Gasteiger partial charge < -0.3 is 20.2 Å². The van der Waals surface area contributed by atoms with Crippen molar-refractivity contribution in [2.75, 3.05) is 45.9 Å². The number of nitrogens with one attached hydrogen (secondary N) is 1. The number of halogens is 2. The Morgan fingerprint density at radius 3 is 2.68 bits per heavy atom. The number of carbonyl (C=O) groups excluding carboxylic acids is 2. The van der Waals surface area contributed by atoms with E-state index in [0.717, 1.165) is 6.54 Å². The highest BCUT2D eigenvalue weighted by Gasteiger charge is 2.28. The van der Waals surface area contributed by atoms with Gasteiger partial charge in [0.15, 0.2) is 0 Å². The van der Waals surface area contributed by atoms with Gasteiger partial charge in [-0.05, 0) is 13.0 Å². The van der Waals surface area contributed by atoms with E-state index >= 15 is 0 Å². The van der Waals surface area contributed by atoms with Crippen LogP contribution in [0.25, 0.3) is 0 Å². The van der Waals surface area contributed by atoms with Crippen LogP contribution >= 0.6 is 0 Å². The molecule has 0 aromatic carbocycles. The van der Waals surface area contributed by atoms with E-state index in [1.807, 2.05) is 0 Å². The molecule has 1 aliphatic rings. The predicted molar refractivity (Wildman–Crippen MR) is 63.7 cm³/mol. The molecule has 110 valence electrons. The number of carbonyl (C=O) groups is 2. The summed E-state index contributed by atoms with van der Waals surface area (Å²) in [6, 6.07) is 0. The molecule has 19 heavy (non-hydrogen) atoms. The normalized spacial score (nSPS) is 16.3. The minimum atomic E-state index is -2.73. The van der Waals surface area contributed by atoms with Gasteiger partial charge in [0.25, 0.3) is 6.43 Å². The minimum absolute atomic E-state index is 0.263. The Morgan fingerprint density at radius 1 is 1.32 bits per heavy atom. The summed E-state index contributed by atoms with van der Waals surface area (Å²) in [5.74, 6) is -1.76. The third kappa shape index (κ3) is 5.07. The Bertz CT molecular complexity index is 308. The zero-order valence-electron chi connectivity index (χ0n) is 10.6. The molecule has 8 heteroatoms. The first-order chi connectivity index (χ1) is 9.06. The van der Waals surface area contributed by atoms with Crippen molar-refractivity contribution in [2.24, 2.45) is 0 Å². The second kappa shape index (κ2) is 8.00. The lowest BCUT2D eigenvalue weighted by atomic mass is 10.3. The van der Waals surface area contributed by atoms with Gasteiger partial charge in [-0.3, -0.25) is 9.59 Å². The molecular formula is C11H19F2N3O3. The summed E-state index contributed by atoms with van der Waals surface area (Å²) < 4.78 is 24.7. The topological polar surface area (TPSA) is 72.9 Å². The molecule has 1 heterocycles. The number of aliphatic hydroxyl groups excluding tert-OH is 1. The van der Waals surface area contributed by atoms with E-state index in [9.17, 15) is 18.4 Å². The van der Waals surface area contributed by atoms with Crippen LogP contribution in [0.4, 0.5) is 8.78 Å². The van der Waals surface area contributed by atoms with Gasteiger partial charge in [-0.1, -0.05) is 0 Å². The Kier molecular flexibility index (Phi) is 6.65. The first-order valence-corrected chi connectivity index (χ1v) is 6.24. The number of alkyl halides is 2. The summed E-state index contributed by atoms with van der Waals surface area (Å²) in [7, 11) is 0. The van der Waals surface area contributed by atoms with Crippen LogP contribution in [0, 0.1) is 0 Å². The standard InChI is InChI=1S/C11H19F2N3O3/c12-9(13)8-16(6-7-17)11(19)10(18)15-4-1-2-14-3-5-15/h9,14,17H,1-8H2. The van der Waals surface area contributed by atoms with Crippen molar-refractivity contribution in [3.8, 4) is 0 Å². The van der Waals surface area contributed by atoms with Gasteiger partial charge in [0.2, 0.25) is 0 Å². The van der Waals surface area contributed by atoms with Crippen molar-refractivity contribution in [3.63, 3.8) is 0 Å². The summed E-state index contributed by atoms with van der Waals surface area (Å²) in [4.78, 5) is 25.8. The van der Waals surface area contributed by atoms with Crippen molar-refractivity contribution in [3.05, 3.63) is 0 Å². The second-order valence-corrected chi connectivity index (χ2v) is 4.26. The number of rotatable bonds is 4. The van der Waals surface area contributed by atoms with Crippen LogP contribution in [0.5, 0.6) is 0 Å². The second-order valence-electron chi connectivity index (χ2n) is 4.26. The lowest BCUT2D eigenvalue weighted by Crippen LogP contribution is -2.48. The molecule has 1 fully saturated rings. The van der Waals surface area contributed by atoms with E-state index in [0.29, 0.717) is 31.0 Å². The van der Waals surface area contributed by atoms with E-state index in [1.54, 1.807) is 0 Å². The van der Waals surface area contributed by atoms with Gasteiger partial charge in [-0.25, -0.2) is 8.78 Å². The SMILES string of the molecule is O=C(C(=O)N(CCO)CC(F)F)N1CCCNCC1. The number of amides is 2. The number of aliphatic hydroxyl groups is 1. The Balaban J connectivity index is 2.63. The highest BCUT2D eigenvalue weighted by Crippen LogP contribution is 2.03. The quantitative estimate of drug-likeness (QED) is 0.640. The highest BCUT2D eigenvalue weighted by molar-refractivity contribution is 6.34. The molecule has 0 saturated carbocycles. The average Bonchev–Trinajstić information content (AvgIpc) is 2.64. The van der Waals surface area contributed by atoms with E-state index in [2.05, 4.69) is 5.32 Å². The molecule has 0 bridgehead atoms. The van der Waals surface area contributed by atoms with Gasteiger partial charge in [-0.15, -0.1) is 0 Å². The maximum absolute atomic E-state index is 12.3. The zero-order valence-corrected chi connectivity index (χ0v) is 10.6. The third-order valence-electron chi connectivity index (χ3n) is 2.83. The van der Waals surface area contributed by atoms with Gasteiger partial charge in [0.05, 0.1) is 13.2 Å². The van der Waals surface area contributed by atoms with Crippen molar-refractivity contribution in [1.29, 1.82) is 0 Å². The molecule has 0 atom stereocenters. The lowest BCUT2D eigenvalue weighted by molar-refractivity contribution is -0.153. The molecule has 2 N–H and O–H groups in total. The summed E-state index contributed by atoms with van der Waals surface area (Å²) >= 11 is 0. The number of hydrogen-bond donors (Lipinski definition) is 2. The van der Waals surface area contributed by atoms with Gasteiger partial charge >= 0.3 is 11.8 Å². The van der Waals surface area contributed by atoms with Crippen LogP contribution in [0.3, 0.4) is 0 Å². The van der Waals surface area contributed by atoms with Crippen LogP contribution in [-0.2, 0) is 9.59 Å². The average molecular weight is 279 g/mol. The van der Waals surface area contributed by atoms with Crippen molar-refractivity contribution >= 4 is 11.8 Å². The molecule has 1 aliphatic heterocycles. The first-order valence-electron chi connectivity index (χ1n) is 6.24. The summed E-state index contributed by atoms with van der Waals surface area (Å²) in [5, 5.41) is 11.8. The summed E-state index contributed by atoms with van der Waals surface area (Å²) in [5.41, 5.74) is 0. The van der Waals surface area contributed by atoms with Crippen molar-refractivity contribution in [2.45, 2.75) is 12.8 Å². The molecule has 1 rings (SSSR count). The molecule has 6 nitrogen and oxygen atoms in total. The van der Waals surface area contributed by atoms with Crippen LogP contribution in [0.15, 0.2) is 0 Å². The molecule has 0 unspecified atom stereocenters. The maximum Gasteiger partial charge on any atom is 0.312 e. The van der Waals surface area contributed by atoms with E-state index in [1.165, 1.54) is 4.90 Å². The van der Waals surface area contributed by atoms with Crippen molar-refractivity contribution < 1.29 is 23.5 Å². The molecule has 0 spiro atoms. The fraction of sp³-hybridized carbons (Fsp3) is 0.818. The van der Waals surface area contributed by atoms with Crippen LogP contribution < -0.4 is 5.32 Å². The van der Waals surface area contributed by atoms with Crippen molar-refractivity contribution in [1.82, 2.24) is 15.1 Å². The molecule has 1 saturated heterocycles. The highest BCUT2D eigenvalue weighted by atomic mass is 19.3. The monoisotopic (exact) mass is 279 g/mol. The Labute approximate surface area is 110 Å². The van der Waals surface area contributed by atoms with Gasteiger partial charge in [0, 0.05) is 26.2 Å². The lowest BCUT2D eigenvalue weighted by Gasteiger charge is -2.25. The Morgan fingerprint density at radius 2 is 2.05 bits per heavy atom. The fourth-order valence-corrected chi connectivity index (χ4v) is 1.88. The van der Waals surface area contributed by atoms with Crippen LogP contribution in [0.2, 0.25) is 0 Å². The number of hydrogen-bond acceptors (Lipinski definition) is 4. The molecule has 0 radical (unpaired) electrons. The zero-order chi connectivity index (χ0) is 14.3. The summed E-state index contributed by atoms with van der Waals surface area (Å²) in [6.45, 7) is 0.597. The molecular weight excluding hydrogens is 260 g/mol. The first kappa shape index (κ1) is 15.8. The molecule has 2 amide bonds.